The number of pyridine rings is 1. The summed E-state index contributed by atoms with van der Waals surface area (Å²) in [4.78, 5) is 8.88. The van der Waals surface area contributed by atoms with Crippen LogP contribution in [0.2, 0.25) is 0 Å². The number of alkyl halides is 3. The summed E-state index contributed by atoms with van der Waals surface area (Å²) in [5.74, 6) is 0.647. The van der Waals surface area contributed by atoms with Gasteiger partial charge in [0.25, 0.3) is 0 Å². The topological polar surface area (TPSA) is 54.5 Å². The van der Waals surface area contributed by atoms with E-state index in [4.69, 9.17) is 0 Å². The van der Waals surface area contributed by atoms with Crippen molar-refractivity contribution in [3.8, 4) is 0 Å². The molecule has 2 aromatic heterocycles. The Hall–Kier alpha value is -2.09. The van der Waals surface area contributed by atoms with Crippen molar-refractivity contribution in [2.75, 3.05) is 0 Å². The molecule has 4 nitrogen and oxygen atoms in total. The van der Waals surface area contributed by atoms with Crippen molar-refractivity contribution in [3.05, 3.63) is 41.3 Å². The zero-order chi connectivity index (χ0) is 15.9. The molecular weight excluding hydrogens is 313 g/mol. The summed E-state index contributed by atoms with van der Waals surface area (Å²) in [6.07, 6.45) is -4.44. The smallest absolute Gasteiger partial charge is 0.262 e. The van der Waals surface area contributed by atoms with E-state index < -0.39 is 11.7 Å². The second kappa shape index (κ2) is 5.28. The molecule has 3 aromatic rings. The Morgan fingerprint density at radius 2 is 1.91 bits per heavy atom. The third kappa shape index (κ3) is 2.78. The Labute approximate surface area is 128 Å². The maximum atomic E-state index is 13.1. The van der Waals surface area contributed by atoms with Crippen molar-refractivity contribution in [3.63, 3.8) is 0 Å². The van der Waals surface area contributed by atoms with Crippen LogP contribution in [0.15, 0.2) is 34.3 Å². The number of rotatable bonds is 2. The molecule has 1 N–H and O–H groups in total. The average molecular weight is 324 g/mol. The Morgan fingerprint density at radius 3 is 2.55 bits per heavy atom. The molecule has 0 saturated heterocycles. The first kappa shape index (κ1) is 14.8. The summed E-state index contributed by atoms with van der Waals surface area (Å²) in [6, 6.07) is 5.79. The molecule has 0 atom stereocenters. The molecule has 1 aromatic carbocycles. The first-order valence-corrected chi connectivity index (χ1v) is 7.20. The maximum absolute atomic E-state index is 13.1. The van der Waals surface area contributed by atoms with E-state index in [0.29, 0.717) is 27.0 Å². The van der Waals surface area contributed by atoms with Crippen LogP contribution in [-0.2, 0) is 6.18 Å². The molecule has 0 bridgehead atoms. The van der Waals surface area contributed by atoms with Crippen LogP contribution in [0.4, 0.5) is 13.2 Å². The lowest BCUT2D eigenvalue weighted by Crippen LogP contribution is -2.07. The Kier molecular flexibility index (Phi) is 3.56. The number of fused-ring (bicyclic) bond motifs is 1. The molecule has 0 saturated carbocycles. The van der Waals surface area contributed by atoms with Crippen LogP contribution in [0.5, 0.6) is 0 Å². The largest absolute Gasteiger partial charge is 0.418 e. The van der Waals surface area contributed by atoms with Gasteiger partial charge in [0.2, 0.25) is 5.16 Å². The van der Waals surface area contributed by atoms with Gasteiger partial charge in [0.15, 0.2) is 0 Å². The number of halogens is 3. The van der Waals surface area contributed by atoms with Crippen LogP contribution >= 0.6 is 11.8 Å². The lowest BCUT2D eigenvalue weighted by atomic mass is 10.1. The SMILES string of the molecule is Cc1cc(Sc2n[nH]c(C)n2)c2cccc(C(F)(F)F)c2n1. The number of hydrogen-bond donors (Lipinski definition) is 1. The Balaban J connectivity index is 2.18. The zero-order valence-electron chi connectivity index (χ0n) is 11.7. The van der Waals surface area contributed by atoms with Crippen molar-refractivity contribution in [1.29, 1.82) is 0 Å². The summed E-state index contributed by atoms with van der Waals surface area (Å²) < 4.78 is 39.4. The van der Waals surface area contributed by atoms with E-state index in [0.717, 1.165) is 6.07 Å². The molecule has 114 valence electrons. The lowest BCUT2D eigenvalue weighted by Gasteiger charge is -2.12. The summed E-state index contributed by atoms with van der Waals surface area (Å²) in [6.45, 7) is 3.43. The highest BCUT2D eigenvalue weighted by Crippen LogP contribution is 2.38. The summed E-state index contributed by atoms with van der Waals surface area (Å²) in [5, 5.41) is 7.61. The minimum absolute atomic E-state index is 0.0512. The fraction of sp³-hybridized carbons (Fsp3) is 0.214. The van der Waals surface area contributed by atoms with Crippen LogP contribution < -0.4 is 0 Å². The quantitative estimate of drug-likeness (QED) is 0.770. The van der Waals surface area contributed by atoms with Gasteiger partial charge in [-0.3, -0.25) is 10.1 Å². The molecule has 0 fully saturated rings. The molecule has 0 aliphatic carbocycles. The van der Waals surface area contributed by atoms with Gasteiger partial charge in [0.05, 0.1) is 11.1 Å². The normalized spacial score (nSPS) is 12.0. The van der Waals surface area contributed by atoms with Gasteiger partial charge in [-0.05, 0) is 37.7 Å². The number of H-pyrrole nitrogens is 1. The maximum Gasteiger partial charge on any atom is 0.418 e. The fourth-order valence-corrected chi connectivity index (χ4v) is 3.09. The molecule has 2 heterocycles. The highest BCUT2D eigenvalue weighted by molar-refractivity contribution is 7.99. The summed E-state index contributed by atoms with van der Waals surface area (Å²) in [5.41, 5.74) is -0.273. The first-order chi connectivity index (χ1) is 10.3. The van der Waals surface area contributed by atoms with Gasteiger partial charge in [-0.15, -0.1) is 5.10 Å². The van der Waals surface area contributed by atoms with E-state index >= 15 is 0 Å². The van der Waals surface area contributed by atoms with E-state index in [9.17, 15) is 13.2 Å². The average Bonchev–Trinajstić information content (AvgIpc) is 2.82. The van der Waals surface area contributed by atoms with Gasteiger partial charge >= 0.3 is 6.18 Å². The van der Waals surface area contributed by atoms with Gasteiger partial charge in [0.1, 0.15) is 5.82 Å². The molecule has 0 spiro atoms. The Bertz CT molecular complexity index is 842. The van der Waals surface area contributed by atoms with Crippen LogP contribution in [0, 0.1) is 13.8 Å². The lowest BCUT2D eigenvalue weighted by molar-refractivity contribution is -0.136. The molecule has 0 aliphatic rings. The third-order valence-corrected chi connectivity index (χ3v) is 3.94. The van der Waals surface area contributed by atoms with Crippen molar-refractivity contribution >= 4 is 22.7 Å². The zero-order valence-corrected chi connectivity index (χ0v) is 12.5. The highest BCUT2D eigenvalue weighted by Gasteiger charge is 2.33. The minimum Gasteiger partial charge on any atom is -0.262 e. The van der Waals surface area contributed by atoms with Crippen molar-refractivity contribution in [1.82, 2.24) is 20.2 Å². The number of aromatic amines is 1. The second-order valence-corrected chi connectivity index (χ2v) is 5.78. The number of para-hydroxylation sites is 1. The molecule has 22 heavy (non-hydrogen) atoms. The van der Waals surface area contributed by atoms with E-state index in [1.165, 1.54) is 17.8 Å². The van der Waals surface area contributed by atoms with E-state index in [1.807, 2.05) is 0 Å². The van der Waals surface area contributed by atoms with Gasteiger partial charge in [0, 0.05) is 16.0 Å². The number of hydrogen-bond acceptors (Lipinski definition) is 4. The van der Waals surface area contributed by atoms with E-state index in [-0.39, 0.29) is 5.52 Å². The predicted octanol–water partition coefficient (Wildman–Crippen LogP) is 4.14. The van der Waals surface area contributed by atoms with Crippen molar-refractivity contribution in [2.45, 2.75) is 30.1 Å². The highest BCUT2D eigenvalue weighted by atomic mass is 32.2. The van der Waals surface area contributed by atoms with Gasteiger partial charge in [-0.25, -0.2) is 4.98 Å². The van der Waals surface area contributed by atoms with Gasteiger partial charge in [-0.1, -0.05) is 12.1 Å². The third-order valence-electron chi connectivity index (χ3n) is 3.01. The molecule has 8 heteroatoms. The second-order valence-electron chi connectivity index (χ2n) is 4.77. The molecule has 3 rings (SSSR count). The molecule has 0 amide bonds. The number of aryl methyl sites for hydroxylation is 2. The van der Waals surface area contributed by atoms with Gasteiger partial charge < -0.3 is 0 Å². The fourth-order valence-electron chi connectivity index (χ4n) is 2.12. The molecule has 0 radical (unpaired) electrons. The number of aromatic nitrogens is 4. The van der Waals surface area contributed by atoms with E-state index in [2.05, 4.69) is 20.2 Å². The number of nitrogens with one attached hydrogen (secondary N) is 1. The number of nitrogens with zero attached hydrogens (tertiary/aromatic N) is 3. The van der Waals surface area contributed by atoms with Gasteiger partial charge in [-0.2, -0.15) is 13.2 Å². The van der Waals surface area contributed by atoms with Crippen molar-refractivity contribution in [2.24, 2.45) is 0 Å². The molecule has 0 unspecified atom stereocenters. The van der Waals surface area contributed by atoms with E-state index in [1.54, 1.807) is 26.0 Å². The summed E-state index contributed by atoms with van der Waals surface area (Å²) in [7, 11) is 0. The monoisotopic (exact) mass is 324 g/mol. The standard InChI is InChI=1S/C14H11F3N4S/c1-7-6-11(22-13-19-8(2)20-21-13)9-4-3-5-10(12(9)18-7)14(15,16)17/h3-6H,1-2H3,(H,19,20,21). The predicted molar refractivity (Wildman–Crippen MR) is 76.7 cm³/mol. The van der Waals surface area contributed by atoms with Crippen molar-refractivity contribution < 1.29 is 13.2 Å². The first-order valence-electron chi connectivity index (χ1n) is 6.39. The summed E-state index contributed by atoms with van der Waals surface area (Å²) >= 11 is 1.21. The van der Waals surface area contributed by atoms with Crippen LogP contribution in [-0.4, -0.2) is 20.2 Å². The number of benzene rings is 1. The molecule has 0 aliphatic heterocycles. The minimum atomic E-state index is -4.44. The van der Waals surface area contributed by atoms with Crippen LogP contribution in [0.25, 0.3) is 10.9 Å². The molecular formula is C14H11F3N4S. The van der Waals surface area contributed by atoms with Crippen LogP contribution in [0.3, 0.4) is 0 Å². The van der Waals surface area contributed by atoms with Crippen LogP contribution in [0.1, 0.15) is 17.1 Å². The Morgan fingerprint density at radius 1 is 1.14 bits per heavy atom.